The quantitative estimate of drug-likeness (QED) is 0.116. The van der Waals surface area contributed by atoms with Crippen LogP contribution in [0, 0.1) is 0 Å². The van der Waals surface area contributed by atoms with E-state index in [1.54, 1.807) is 7.05 Å². The molecule has 0 saturated carbocycles. The molecule has 0 bridgehead atoms. The monoisotopic (exact) mass is 499 g/mol. The Morgan fingerprint density at radius 1 is 0.941 bits per heavy atom. The third-order valence-corrected chi connectivity index (χ3v) is 6.18. The van der Waals surface area contributed by atoms with Crippen molar-refractivity contribution in [1.29, 1.82) is 0 Å². The second kappa shape index (κ2) is 21.1. The summed E-state index contributed by atoms with van der Waals surface area (Å²) in [5, 5.41) is 2.92. The molecule has 0 saturated heterocycles. The van der Waals surface area contributed by atoms with Crippen LogP contribution in [0.2, 0.25) is 0 Å². The Hall–Kier alpha value is -1.24. The fourth-order valence-electron chi connectivity index (χ4n) is 3.54. The Balaban J connectivity index is 2.24. The van der Waals surface area contributed by atoms with Gasteiger partial charge in [0.1, 0.15) is 11.9 Å². The minimum Gasteiger partial charge on any atom is -0.494 e. The highest BCUT2D eigenvalue weighted by Gasteiger charge is 2.17. The van der Waals surface area contributed by atoms with Gasteiger partial charge >= 0.3 is 14.6 Å². The molecule has 0 amide bonds. The van der Waals surface area contributed by atoms with Gasteiger partial charge in [0.05, 0.1) is 19.8 Å². The number of carbonyl (C=O) groups excluding carboxylic acids is 1. The minimum atomic E-state index is -2.00. The molecule has 1 aromatic rings. The first-order chi connectivity index (χ1) is 16.5. The van der Waals surface area contributed by atoms with E-state index in [1.807, 2.05) is 24.3 Å². The summed E-state index contributed by atoms with van der Waals surface area (Å²) in [6, 6.07) is 7.82. The van der Waals surface area contributed by atoms with Crippen molar-refractivity contribution in [3.05, 3.63) is 29.8 Å². The van der Waals surface area contributed by atoms with E-state index < -0.39 is 14.7 Å². The average molecular weight is 500 g/mol. The van der Waals surface area contributed by atoms with Gasteiger partial charge in [0.15, 0.2) is 0 Å². The van der Waals surface area contributed by atoms with Crippen molar-refractivity contribution < 1.29 is 28.2 Å². The van der Waals surface area contributed by atoms with Gasteiger partial charge < -0.3 is 28.7 Å². The zero-order valence-electron chi connectivity index (χ0n) is 21.4. The topological polar surface area (TPSA) is 86.2 Å². The summed E-state index contributed by atoms with van der Waals surface area (Å²) in [5.41, 5.74) is 1.000. The largest absolute Gasteiger partial charge is 0.494 e. The van der Waals surface area contributed by atoms with E-state index in [0.29, 0.717) is 19.6 Å². The van der Waals surface area contributed by atoms with Gasteiger partial charge in [0.25, 0.3) is 0 Å². The Kier molecular flexibility index (Phi) is 19.1. The van der Waals surface area contributed by atoms with Crippen LogP contribution in [0.4, 0.5) is 0 Å². The number of hydrogen-bond donors (Lipinski definition) is 2. The second-order valence-electron chi connectivity index (χ2n) is 8.58. The molecule has 0 spiro atoms. The van der Waals surface area contributed by atoms with Gasteiger partial charge in [0, 0.05) is 19.9 Å². The number of carbonyl (C=O) groups is 1. The molecule has 0 aromatic heterocycles. The predicted molar refractivity (Wildman–Crippen MR) is 138 cm³/mol. The first-order valence-electron chi connectivity index (χ1n) is 12.8. The normalized spacial score (nSPS) is 12.9. The van der Waals surface area contributed by atoms with Crippen LogP contribution < -0.4 is 10.1 Å². The van der Waals surface area contributed by atoms with Crippen LogP contribution in [0.25, 0.3) is 0 Å². The van der Waals surface area contributed by atoms with Gasteiger partial charge in [-0.15, -0.1) is 0 Å². The van der Waals surface area contributed by atoms with Crippen LogP contribution in [-0.2, 0) is 25.0 Å². The average Bonchev–Trinajstić information content (AvgIpc) is 2.82. The van der Waals surface area contributed by atoms with Gasteiger partial charge in [-0.25, -0.2) is 0 Å². The van der Waals surface area contributed by atoms with Crippen molar-refractivity contribution in [1.82, 2.24) is 5.32 Å². The first-order valence-corrected chi connectivity index (χ1v) is 14.0. The fourth-order valence-corrected chi connectivity index (χ4v) is 4.16. The molecule has 2 unspecified atom stereocenters. The molecule has 0 aliphatic carbocycles. The number of likely N-dealkylation sites (N-methyl/N-ethyl adjacent to an activating group) is 1. The molecule has 7 nitrogen and oxygen atoms in total. The zero-order valence-corrected chi connectivity index (χ0v) is 22.3. The number of esters is 1. The lowest BCUT2D eigenvalue weighted by Crippen LogP contribution is -2.24. The van der Waals surface area contributed by atoms with Crippen molar-refractivity contribution in [2.24, 2.45) is 0 Å². The van der Waals surface area contributed by atoms with Crippen LogP contribution in [0.5, 0.6) is 5.75 Å². The van der Waals surface area contributed by atoms with Crippen molar-refractivity contribution in [2.45, 2.75) is 90.6 Å². The maximum absolute atomic E-state index is 11.4. The summed E-state index contributed by atoms with van der Waals surface area (Å²) in [4.78, 5) is 21.2. The molecule has 0 aliphatic heterocycles. The highest BCUT2D eigenvalue weighted by Crippen LogP contribution is 2.32. The summed E-state index contributed by atoms with van der Waals surface area (Å²) in [6.45, 7) is 5.38. The maximum Gasteiger partial charge on any atom is 0.330 e. The van der Waals surface area contributed by atoms with Crippen molar-refractivity contribution >= 4 is 14.6 Å². The molecule has 0 fully saturated rings. The van der Waals surface area contributed by atoms with E-state index in [0.717, 1.165) is 24.3 Å². The van der Waals surface area contributed by atoms with Gasteiger partial charge in [-0.1, -0.05) is 76.8 Å². The van der Waals surface area contributed by atoms with E-state index in [2.05, 4.69) is 12.2 Å². The summed E-state index contributed by atoms with van der Waals surface area (Å²) in [5.74, 6) is 0.459. The van der Waals surface area contributed by atoms with Crippen molar-refractivity contribution in [3.63, 3.8) is 0 Å². The molecule has 1 aromatic carbocycles. The molecule has 0 heterocycles. The van der Waals surface area contributed by atoms with E-state index in [4.69, 9.17) is 18.5 Å². The molecule has 196 valence electrons. The minimum absolute atomic E-state index is 0.0678. The summed E-state index contributed by atoms with van der Waals surface area (Å²) in [7, 11) is -0.198. The molecule has 0 aliphatic rings. The van der Waals surface area contributed by atoms with Gasteiger partial charge in [-0.05, 0) is 31.2 Å². The van der Waals surface area contributed by atoms with Gasteiger partial charge in [-0.3, -0.25) is 4.79 Å². The Bertz CT molecular complexity index is 616. The van der Waals surface area contributed by atoms with Crippen LogP contribution in [0.3, 0.4) is 0 Å². The third kappa shape index (κ3) is 17.2. The smallest absolute Gasteiger partial charge is 0.330 e. The van der Waals surface area contributed by atoms with E-state index in [1.165, 1.54) is 64.7 Å². The maximum atomic E-state index is 11.4. The lowest BCUT2D eigenvalue weighted by molar-refractivity contribution is -0.147. The molecule has 1 rings (SSSR count). The lowest BCUT2D eigenvalue weighted by Gasteiger charge is -2.19. The van der Waals surface area contributed by atoms with E-state index in [-0.39, 0.29) is 12.6 Å². The highest BCUT2D eigenvalue weighted by molar-refractivity contribution is 7.40. The predicted octanol–water partition coefficient (Wildman–Crippen LogP) is 5.93. The fraction of sp³-hybridized carbons (Fsp3) is 0.731. The zero-order chi connectivity index (χ0) is 24.9. The van der Waals surface area contributed by atoms with Gasteiger partial charge in [0.2, 0.25) is 0 Å². The summed E-state index contributed by atoms with van der Waals surface area (Å²) in [6.07, 6.45) is 13.1. The molecular formula is C26H46NO6P. The highest BCUT2D eigenvalue weighted by atomic mass is 31.2. The number of hydrogen-bond acceptors (Lipinski definition) is 7. The first kappa shape index (κ1) is 30.8. The SMILES string of the molecule is CCCCCCCCCCCCOc1ccc(CC(COP(O)OCCNC)OC(C)=O)cc1. The Morgan fingerprint density at radius 3 is 2.15 bits per heavy atom. The number of nitrogens with one attached hydrogen (secondary N) is 1. The third-order valence-electron chi connectivity index (χ3n) is 5.41. The summed E-state index contributed by atoms with van der Waals surface area (Å²) >= 11 is 0. The Labute approximate surface area is 207 Å². The van der Waals surface area contributed by atoms with E-state index in [9.17, 15) is 9.69 Å². The molecule has 8 heteroatoms. The Morgan fingerprint density at radius 2 is 1.56 bits per heavy atom. The van der Waals surface area contributed by atoms with Crippen LogP contribution in [0.1, 0.15) is 83.6 Å². The molecular weight excluding hydrogens is 453 g/mol. The molecule has 34 heavy (non-hydrogen) atoms. The number of rotatable bonds is 22. The van der Waals surface area contributed by atoms with Gasteiger partial charge in [-0.2, -0.15) is 0 Å². The van der Waals surface area contributed by atoms with Crippen LogP contribution >= 0.6 is 8.60 Å². The van der Waals surface area contributed by atoms with Crippen LogP contribution in [0.15, 0.2) is 24.3 Å². The van der Waals surface area contributed by atoms with Crippen molar-refractivity contribution in [2.75, 3.05) is 33.4 Å². The molecule has 0 radical (unpaired) electrons. The second-order valence-corrected chi connectivity index (χ2v) is 9.57. The van der Waals surface area contributed by atoms with Crippen molar-refractivity contribution in [3.8, 4) is 5.75 Å². The summed E-state index contributed by atoms with van der Waals surface area (Å²) < 4.78 is 21.7. The number of unbranched alkanes of at least 4 members (excludes halogenated alkanes) is 9. The molecule has 2 atom stereocenters. The molecule has 2 N–H and O–H groups in total. The van der Waals surface area contributed by atoms with Crippen LogP contribution in [-0.4, -0.2) is 50.4 Å². The number of benzene rings is 1. The lowest BCUT2D eigenvalue weighted by atomic mass is 10.1. The standard InChI is InChI=1S/C26H46NO6P/c1-4-5-6-7-8-9-10-11-12-13-19-30-25-16-14-24(15-17-25)21-26(33-23(2)28)22-32-34(29)31-20-18-27-3/h14-17,26-27,29H,4-13,18-22H2,1-3H3. The van der Waals surface area contributed by atoms with E-state index >= 15 is 0 Å². The number of ether oxygens (including phenoxy) is 2.